The molecule has 1 N–H and O–H groups in total. The molecule has 2 bridgehead atoms. The minimum absolute atomic E-state index is 0.396. The van der Waals surface area contributed by atoms with Crippen molar-refractivity contribution < 1.29 is 4.79 Å². The Morgan fingerprint density at radius 3 is 2.50 bits per heavy atom. The normalized spacial score (nSPS) is 25.8. The van der Waals surface area contributed by atoms with Gasteiger partial charge in [0.1, 0.15) is 0 Å². The second-order valence-electron chi connectivity index (χ2n) is 6.64. The number of carbonyl (C=O) groups excluding carboxylic acids is 1. The fraction of sp³-hybridized carbons (Fsp3) is 0.941. The van der Waals surface area contributed by atoms with Gasteiger partial charge < -0.3 is 10.2 Å². The molecule has 0 spiro atoms. The molecular weight excluding hydrogens is 248 g/mol. The number of carbonyl (C=O) groups is 1. The van der Waals surface area contributed by atoms with E-state index in [1.54, 1.807) is 0 Å². The molecule has 2 fully saturated rings. The number of fused-ring (bicyclic) bond motifs is 2. The van der Waals surface area contributed by atoms with E-state index in [0.717, 1.165) is 32.4 Å². The lowest BCUT2D eigenvalue weighted by atomic mass is 10.1. The molecule has 0 aliphatic carbocycles. The van der Waals surface area contributed by atoms with Crippen molar-refractivity contribution in [2.45, 2.75) is 89.6 Å². The number of rotatable bonds is 8. The Morgan fingerprint density at radius 1 is 1.00 bits per heavy atom. The maximum Gasteiger partial charge on any atom is 0.222 e. The molecule has 2 heterocycles. The summed E-state index contributed by atoms with van der Waals surface area (Å²) >= 11 is 0. The monoisotopic (exact) mass is 280 g/mol. The summed E-state index contributed by atoms with van der Waals surface area (Å²) in [5, 5.41) is 3.64. The maximum atomic E-state index is 12.3. The quantitative estimate of drug-likeness (QED) is 0.690. The topological polar surface area (TPSA) is 32.3 Å². The van der Waals surface area contributed by atoms with Crippen LogP contribution in [0.4, 0.5) is 0 Å². The third-order valence-electron chi connectivity index (χ3n) is 4.87. The number of unbranched alkanes of at least 4 members (excludes halogenated alkanes) is 6. The van der Waals surface area contributed by atoms with Crippen molar-refractivity contribution in [3.63, 3.8) is 0 Å². The summed E-state index contributed by atoms with van der Waals surface area (Å²) in [5.74, 6) is 0.396. The van der Waals surface area contributed by atoms with Crippen LogP contribution in [0.5, 0.6) is 0 Å². The first-order valence-corrected chi connectivity index (χ1v) is 8.83. The Bertz CT molecular complexity index is 293. The summed E-state index contributed by atoms with van der Waals surface area (Å²) in [7, 11) is 0. The predicted octanol–water partition coefficient (Wildman–Crippen LogP) is 3.48. The Kier molecular flexibility index (Phi) is 6.85. The SMILES string of the molecule is CCCCCCCCCC(=O)N1CCC2CCC(C1)N2. The molecule has 20 heavy (non-hydrogen) atoms. The molecule has 0 aromatic heterocycles. The van der Waals surface area contributed by atoms with Gasteiger partial charge >= 0.3 is 0 Å². The van der Waals surface area contributed by atoms with Crippen molar-refractivity contribution in [1.29, 1.82) is 0 Å². The van der Waals surface area contributed by atoms with Crippen LogP contribution in [0.3, 0.4) is 0 Å². The molecule has 2 unspecified atom stereocenters. The van der Waals surface area contributed by atoms with Gasteiger partial charge in [-0.25, -0.2) is 0 Å². The Morgan fingerprint density at radius 2 is 1.70 bits per heavy atom. The summed E-state index contributed by atoms with van der Waals surface area (Å²) < 4.78 is 0. The molecular formula is C17H32N2O. The van der Waals surface area contributed by atoms with Gasteiger partial charge in [-0.05, 0) is 25.7 Å². The highest BCUT2D eigenvalue weighted by Crippen LogP contribution is 2.21. The standard InChI is InChI=1S/C17H32N2O/c1-2-3-4-5-6-7-8-9-17(20)19-13-12-15-10-11-16(14-19)18-15/h15-16,18H,2-14H2,1H3. The average Bonchev–Trinajstić information content (AvgIpc) is 2.77. The van der Waals surface area contributed by atoms with Crippen LogP contribution in [0.15, 0.2) is 0 Å². The summed E-state index contributed by atoms with van der Waals surface area (Å²) in [4.78, 5) is 14.4. The van der Waals surface area contributed by atoms with Gasteiger partial charge in [0.2, 0.25) is 5.91 Å². The molecule has 2 atom stereocenters. The van der Waals surface area contributed by atoms with E-state index in [1.807, 2.05) is 0 Å². The number of hydrogen-bond acceptors (Lipinski definition) is 2. The van der Waals surface area contributed by atoms with E-state index in [0.29, 0.717) is 18.0 Å². The van der Waals surface area contributed by atoms with Crippen molar-refractivity contribution in [2.24, 2.45) is 0 Å². The molecule has 2 aliphatic heterocycles. The van der Waals surface area contributed by atoms with Crippen molar-refractivity contribution in [1.82, 2.24) is 10.2 Å². The zero-order chi connectivity index (χ0) is 14.2. The summed E-state index contributed by atoms with van der Waals surface area (Å²) in [6, 6.07) is 1.25. The van der Waals surface area contributed by atoms with Crippen LogP contribution in [0.2, 0.25) is 0 Å². The smallest absolute Gasteiger partial charge is 0.222 e. The van der Waals surface area contributed by atoms with Crippen LogP contribution in [0.25, 0.3) is 0 Å². The zero-order valence-electron chi connectivity index (χ0n) is 13.2. The number of likely N-dealkylation sites (tertiary alicyclic amines) is 1. The highest BCUT2D eigenvalue weighted by atomic mass is 16.2. The highest BCUT2D eigenvalue weighted by Gasteiger charge is 2.30. The van der Waals surface area contributed by atoms with E-state index in [9.17, 15) is 4.79 Å². The fourth-order valence-electron chi connectivity index (χ4n) is 3.56. The first kappa shape index (κ1) is 15.8. The van der Waals surface area contributed by atoms with E-state index in [2.05, 4.69) is 17.1 Å². The van der Waals surface area contributed by atoms with Crippen molar-refractivity contribution in [2.75, 3.05) is 13.1 Å². The molecule has 0 saturated carbocycles. The van der Waals surface area contributed by atoms with Gasteiger partial charge in [-0.2, -0.15) is 0 Å². The Balaban J connectivity index is 1.55. The molecule has 2 saturated heterocycles. The van der Waals surface area contributed by atoms with Gasteiger partial charge in [0, 0.05) is 31.6 Å². The molecule has 0 aromatic carbocycles. The third kappa shape index (κ3) is 5.08. The summed E-state index contributed by atoms with van der Waals surface area (Å²) in [5.41, 5.74) is 0. The van der Waals surface area contributed by atoms with Gasteiger partial charge in [0.05, 0.1) is 0 Å². The van der Waals surface area contributed by atoms with Crippen LogP contribution in [0.1, 0.15) is 77.6 Å². The molecule has 0 radical (unpaired) electrons. The molecule has 2 rings (SSSR count). The minimum atomic E-state index is 0.396. The van der Waals surface area contributed by atoms with Gasteiger partial charge in [0.15, 0.2) is 0 Å². The summed E-state index contributed by atoms with van der Waals surface area (Å²) in [6.45, 7) is 4.18. The molecule has 116 valence electrons. The largest absolute Gasteiger partial charge is 0.341 e. The van der Waals surface area contributed by atoms with Crippen LogP contribution in [0, 0.1) is 0 Å². The first-order chi connectivity index (χ1) is 9.79. The van der Waals surface area contributed by atoms with Gasteiger partial charge in [0.25, 0.3) is 0 Å². The highest BCUT2D eigenvalue weighted by molar-refractivity contribution is 5.76. The Labute approximate surface area is 124 Å². The van der Waals surface area contributed by atoms with E-state index >= 15 is 0 Å². The number of nitrogens with zero attached hydrogens (tertiary/aromatic N) is 1. The first-order valence-electron chi connectivity index (χ1n) is 8.83. The molecule has 0 aromatic rings. The number of amides is 1. The molecule has 3 nitrogen and oxygen atoms in total. The van der Waals surface area contributed by atoms with E-state index < -0.39 is 0 Å². The fourth-order valence-corrected chi connectivity index (χ4v) is 3.56. The lowest BCUT2D eigenvalue weighted by Gasteiger charge is -2.24. The van der Waals surface area contributed by atoms with Crippen molar-refractivity contribution in [3.8, 4) is 0 Å². The maximum absolute atomic E-state index is 12.3. The lowest BCUT2D eigenvalue weighted by molar-refractivity contribution is -0.131. The van der Waals surface area contributed by atoms with Gasteiger partial charge in [-0.1, -0.05) is 45.4 Å². The second-order valence-corrected chi connectivity index (χ2v) is 6.64. The van der Waals surface area contributed by atoms with E-state index in [-0.39, 0.29) is 0 Å². The van der Waals surface area contributed by atoms with Crippen molar-refractivity contribution >= 4 is 5.91 Å². The molecule has 1 amide bonds. The average molecular weight is 280 g/mol. The molecule has 3 heteroatoms. The van der Waals surface area contributed by atoms with Gasteiger partial charge in [-0.3, -0.25) is 4.79 Å². The molecule has 2 aliphatic rings. The predicted molar refractivity (Wildman–Crippen MR) is 83.8 cm³/mol. The van der Waals surface area contributed by atoms with Crippen molar-refractivity contribution in [3.05, 3.63) is 0 Å². The third-order valence-corrected chi connectivity index (χ3v) is 4.87. The van der Waals surface area contributed by atoms with Crippen LogP contribution in [-0.4, -0.2) is 36.0 Å². The number of nitrogens with one attached hydrogen (secondary N) is 1. The Hall–Kier alpha value is -0.570. The van der Waals surface area contributed by atoms with Gasteiger partial charge in [-0.15, -0.1) is 0 Å². The lowest BCUT2D eigenvalue weighted by Crippen LogP contribution is -2.38. The van der Waals surface area contributed by atoms with Crippen LogP contribution in [-0.2, 0) is 4.79 Å². The second kappa shape index (κ2) is 8.66. The van der Waals surface area contributed by atoms with E-state index in [4.69, 9.17) is 0 Å². The van der Waals surface area contributed by atoms with Crippen LogP contribution >= 0.6 is 0 Å². The zero-order valence-corrected chi connectivity index (χ0v) is 13.2. The minimum Gasteiger partial charge on any atom is -0.341 e. The summed E-state index contributed by atoms with van der Waals surface area (Å²) in [6.07, 6.45) is 13.5. The number of hydrogen-bond donors (Lipinski definition) is 1. The van der Waals surface area contributed by atoms with Crippen LogP contribution < -0.4 is 5.32 Å². The van der Waals surface area contributed by atoms with E-state index in [1.165, 1.54) is 51.4 Å².